The van der Waals surface area contributed by atoms with Crippen LogP contribution in [-0.2, 0) is 0 Å². The summed E-state index contributed by atoms with van der Waals surface area (Å²) in [6.07, 6.45) is 5.60. The molecule has 0 aliphatic heterocycles. The van der Waals surface area contributed by atoms with Crippen LogP contribution in [0.15, 0.2) is 48.8 Å². The van der Waals surface area contributed by atoms with Gasteiger partial charge in [0.05, 0.1) is 35.5 Å². The summed E-state index contributed by atoms with van der Waals surface area (Å²) in [5, 5.41) is 21.6. The summed E-state index contributed by atoms with van der Waals surface area (Å²) in [6, 6.07) is 11.7. The number of rotatable bonds is 9. The van der Waals surface area contributed by atoms with Crippen molar-refractivity contribution in [1.82, 2.24) is 24.9 Å². The summed E-state index contributed by atoms with van der Waals surface area (Å²) >= 11 is 0. The van der Waals surface area contributed by atoms with Crippen LogP contribution in [0.5, 0.6) is 5.88 Å². The lowest BCUT2D eigenvalue weighted by Crippen LogP contribution is -2.29. The van der Waals surface area contributed by atoms with E-state index in [1.165, 1.54) is 0 Å². The highest BCUT2D eigenvalue weighted by atomic mass is 16.5. The van der Waals surface area contributed by atoms with E-state index in [-0.39, 0.29) is 5.91 Å². The molecule has 3 N–H and O–H groups in total. The van der Waals surface area contributed by atoms with E-state index in [1.54, 1.807) is 30.8 Å². The zero-order valence-corrected chi connectivity index (χ0v) is 21.6. The van der Waals surface area contributed by atoms with E-state index in [1.807, 2.05) is 50.2 Å². The first-order valence-corrected chi connectivity index (χ1v) is 12.6. The van der Waals surface area contributed by atoms with Crippen LogP contribution in [0.2, 0.25) is 0 Å². The first kappa shape index (κ1) is 24.7. The molecule has 0 radical (unpaired) electrons. The molecule has 0 bridgehead atoms. The second-order valence-corrected chi connectivity index (χ2v) is 10.1. The monoisotopic (exact) mass is 500 g/mol. The molecule has 1 saturated carbocycles. The molecule has 1 aromatic carbocycles. The topological polar surface area (TPSA) is 114 Å². The number of anilines is 1. The molecule has 3 heterocycles. The molecule has 0 spiro atoms. The average molecular weight is 501 g/mol. The molecule has 9 nitrogen and oxygen atoms in total. The number of benzene rings is 1. The average Bonchev–Trinajstić information content (AvgIpc) is 3.57. The Hall–Kier alpha value is -3.98. The van der Waals surface area contributed by atoms with E-state index in [0.717, 1.165) is 40.9 Å². The Morgan fingerprint density at radius 1 is 1.14 bits per heavy atom. The van der Waals surface area contributed by atoms with Crippen molar-refractivity contribution in [2.75, 3.05) is 18.5 Å². The molecule has 5 rings (SSSR count). The molecule has 192 valence electrons. The number of hydrogen-bond acceptors (Lipinski definition) is 7. The van der Waals surface area contributed by atoms with E-state index in [2.05, 4.69) is 20.6 Å². The standard InChI is InChI=1S/C28H32N6O3/c1-5-37-25-11-7-19(14-29-25)22-13-23(31-16-28(3,4)36)26-30-15-24(34(26)33-22)18-6-10-21(17(2)12-18)27(35)32-20-8-9-20/h6-7,10-15,20,31,36H,5,8-9,16H2,1-4H3,(H,32,35). The lowest BCUT2D eigenvalue weighted by molar-refractivity contribution is 0.0940. The summed E-state index contributed by atoms with van der Waals surface area (Å²) in [5.41, 5.74) is 5.22. The third-order valence-electron chi connectivity index (χ3n) is 6.18. The van der Waals surface area contributed by atoms with E-state index >= 15 is 0 Å². The largest absolute Gasteiger partial charge is 0.478 e. The van der Waals surface area contributed by atoms with Gasteiger partial charge in [0.1, 0.15) is 0 Å². The van der Waals surface area contributed by atoms with Crippen LogP contribution in [0.4, 0.5) is 5.69 Å². The normalized spacial score (nSPS) is 13.5. The number of fused-ring (bicyclic) bond motifs is 1. The second-order valence-electron chi connectivity index (χ2n) is 10.1. The van der Waals surface area contributed by atoms with Crippen LogP contribution in [0.1, 0.15) is 49.5 Å². The van der Waals surface area contributed by atoms with Crippen molar-refractivity contribution in [3.63, 3.8) is 0 Å². The number of hydrogen-bond donors (Lipinski definition) is 3. The maximum Gasteiger partial charge on any atom is 0.251 e. The summed E-state index contributed by atoms with van der Waals surface area (Å²) in [4.78, 5) is 21.6. The van der Waals surface area contributed by atoms with E-state index in [4.69, 9.17) is 9.84 Å². The van der Waals surface area contributed by atoms with E-state index in [9.17, 15) is 9.90 Å². The fourth-order valence-corrected chi connectivity index (χ4v) is 4.08. The maximum atomic E-state index is 12.6. The molecule has 37 heavy (non-hydrogen) atoms. The van der Waals surface area contributed by atoms with Crippen molar-refractivity contribution < 1.29 is 14.6 Å². The van der Waals surface area contributed by atoms with Crippen LogP contribution in [0.3, 0.4) is 0 Å². The molecule has 1 amide bonds. The van der Waals surface area contributed by atoms with E-state index in [0.29, 0.717) is 42.0 Å². The molecule has 0 unspecified atom stereocenters. The molecular formula is C28H32N6O3. The Morgan fingerprint density at radius 3 is 2.57 bits per heavy atom. The zero-order chi connectivity index (χ0) is 26.2. The highest BCUT2D eigenvalue weighted by Gasteiger charge is 2.25. The molecule has 9 heteroatoms. The SMILES string of the molecule is CCOc1ccc(-c2cc(NCC(C)(C)O)c3ncc(-c4ccc(C(=O)NC5CC5)c(C)c4)n3n2)cn1. The van der Waals surface area contributed by atoms with Gasteiger partial charge in [0, 0.05) is 41.5 Å². The fraction of sp³-hybridized carbons (Fsp3) is 0.357. The van der Waals surface area contributed by atoms with Crippen molar-refractivity contribution in [2.24, 2.45) is 0 Å². The fourth-order valence-electron chi connectivity index (χ4n) is 4.08. The predicted octanol–water partition coefficient (Wildman–Crippen LogP) is 4.24. The van der Waals surface area contributed by atoms with E-state index < -0.39 is 5.60 Å². The highest BCUT2D eigenvalue weighted by molar-refractivity contribution is 5.96. The summed E-state index contributed by atoms with van der Waals surface area (Å²) in [6.45, 7) is 8.22. The Labute approximate surface area is 215 Å². The van der Waals surface area contributed by atoms with Gasteiger partial charge < -0.3 is 20.5 Å². The molecule has 1 aliphatic carbocycles. The molecule has 1 fully saturated rings. The smallest absolute Gasteiger partial charge is 0.251 e. The second kappa shape index (κ2) is 9.82. The highest BCUT2D eigenvalue weighted by Crippen LogP contribution is 2.30. The molecule has 1 aliphatic rings. The quantitative estimate of drug-likeness (QED) is 0.315. The van der Waals surface area contributed by atoms with Gasteiger partial charge in [-0.25, -0.2) is 14.5 Å². The van der Waals surface area contributed by atoms with Gasteiger partial charge in [0.15, 0.2) is 5.65 Å². The molecule has 4 aromatic rings. The van der Waals surface area contributed by atoms with Gasteiger partial charge in [0.2, 0.25) is 5.88 Å². The number of aromatic nitrogens is 4. The van der Waals surface area contributed by atoms with Crippen molar-refractivity contribution in [2.45, 2.75) is 52.2 Å². The number of aliphatic hydroxyl groups is 1. The summed E-state index contributed by atoms with van der Waals surface area (Å²) < 4.78 is 7.27. The lowest BCUT2D eigenvalue weighted by Gasteiger charge is -2.19. The van der Waals surface area contributed by atoms with Gasteiger partial charge in [-0.05, 0) is 70.4 Å². The molecule has 3 aromatic heterocycles. The van der Waals surface area contributed by atoms with Gasteiger partial charge in [-0.15, -0.1) is 0 Å². The van der Waals surface area contributed by atoms with Crippen LogP contribution >= 0.6 is 0 Å². The lowest BCUT2D eigenvalue weighted by atomic mass is 10.0. The van der Waals surface area contributed by atoms with Crippen molar-refractivity contribution in [3.8, 4) is 28.4 Å². The number of carbonyl (C=O) groups excluding carboxylic acids is 1. The van der Waals surface area contributed by atoms with Crippen molar-refractivity contribution >= 4 is 17.2 Å². The number of nitrogens with one attached hydrogen (secondary N) is 2. The van der Waals surface area contributed by atoms with Crippen LogP contribution in [0.25, 0.3) is 28.2 Å². The number of carbonyl (C=O) groups is 1. The number of ether oxygens (including phenoxy) is 1. The predicted molar refractivity (Wildman–Crippen MR) is 143 cm³/mol. The minimum absolute atomic E-state index is 0.0359. The van der Waals surface area contributed by atoms with Gasteiger partial charge in [-0.3, -0.25) is 4.79 Å². The summed E-state index contributed by atoms with van der Waals surface area (Å²) in [7, 11) is 0. The van der Waals surface area contributed by atoms with Crippen molar-refractivity contribution in [3.05, 3.63) is 59.9 Å². The van der Waals surface area contributed by atoms with Crippen LogP contribution < -0.4 is 15.4 Å². The first-order chi connectivity index (χ1) is 17.7. The molecular weight excluding hydrogens is 468 g/mol. The maximum absolute atomic E-state index is 12.6. The Bertz CT molecular complexity index is 1440. The number of nitrogens with zero attached hydrogens (tertiary/aromatic N) is 4. The van der Waals surface area contributed by atoms with Gasteiger partial charge in [-0.1, -0.05) is 6.07 Å². The molecule has 0 saturated heterocycles. The zero-order valence-electron chi connectivity index (χ0n) is 21.6. The third-order valence-corrected chi connectivity index (χ3v) is 6.18. The Morgan fingerprint density at radius 2 is 1.92 bits per heavy atom. The number of pyridine rings is 1. The first-order valence-electron chi connectivity index (χ1n) is 12.6. The Kier molecular flexibility index (Phi) is 6.55. The number of amides is 1. The van der Waals surface area contributed by atoms with Gasteiger partial charge in [-0.2, -0.15) is 5.10 Å². The van der Waals surface area contributed by atoms with Gasteiger partial charge >= 0.3 is 0 Å². The molecule has 0 atom stereocenters. The number of imidazole rings is 1. The summed E-state index contributed by atoms with van der Waals surface area (Å²) in [5.74, 6) is 0.517. The van der Waals surface area contributed by atoms with Crippen molar-refractivity contribution in [1.29, 1.82) is 0 Å². The van der Waals surface area contributed by atoms with Crippen LogP contribution in [0, 0.1) is 6.92 Å². The van der Waals surface area contributed by atoms with Gasteiger partial charge in [0.25, 0.3) is 5.91 Å². The minimum atomic E-state index is -0.912. The Balaban J connectivity index is 1.56. The van der Waals surface area contributed by atoms with Crippen LogP contribution in [-0.4, -0.2) is 55.4 Å². The third kappa shape index (κ3) is 5.56. The minimum Gasteiger partial charge on any atom is -0.478 e. The number of aryl methyl sites for hydroxylation is 1.